The van der Waals surface area contributed by atoms with Gasteiger partial charge in [-0.1, -0.05) is 23.7 Å². The lowest BCUT2D eigenvalue weighted by molar-refractivity contribution is -0.384. The summed E-state index contributed by atoms with van der Waals surface area (Å²) in [5, 5.41) is 29.6. The number of aromatic nitrogens is 6. The second kappa shape index (κ2) is 10.7. The van der Waals surface area contributed by atoms with Gasteiger partial charge in [0.2, 0.25) is 5.82 Å². The van der Waals surface area contributed by atoms with E-state index >= 15 is 0 Å². The highest BCUT2D eigenvalue weighted by molar-refractivity contribution is 6.30. The predicted molar refractivity (Wildman–Crippen MR) is 127 cm³/mol. The van der Waals surface area contributed by atoms with Crippen LogP contribution in [0.15, 0.2) is 53.3 Å². The summed E-state index contributed by atoms with van der Waals surface area (Å²) in [5.41, 5.74) is -1.37. The lowest BCUT2D eigenvalue weighted by atomic mass is 10.2. The van der Waals surface area contributed by atoms with Crippen molar-refractivity contribution in [1.82, 2.24) is 29.1 Å². The maximum Gasteiger partial charge on any atom is 0.416 e. The first-order valence-electron chi connectivity index (χ1n) is 10.9. The second-order valence-electron chi connectivity index (χ2n) is 7.94. The molecule has 17 heteroatoms. The third kappa shape index (κ3) is 5.65. The number of nitro benzene ring substituents is 1. The molecule has 0 amide bonds. The van der Waals surface area contributed by atoms with E-state index in [0.717, 1.165) is 16.5 Å². The molecule has 0 spiro atoms. The van der Waals surface area contributed by atoms with Gasteiger partial charge in [0.15, 0.2) is 17.8 Å². The minimum Gasteiger partial charge on any atom is -0.463 e. The second-order valence-corrected chi connectivity index (χ2v) is 8.38. The van der Waals surface area contributed by atoms with Crippen LogP contribution in [0.3, 0.4) is 0 Å². The Morgan fingerprint density at radius 2 is 1.85 bits per heavy atom. The van der Waals surface area contributed by atoms with Crippen LogP contribution in [0.5, 0.6) is 0 Å². The van der Waals surface area contributed by atoms with Crippen LogP contribution >= 0.6 is 11.6 Å². The third-order valence-corrected chi connectivity index (χ3v) is 5.63. The molecule has 0 bridgehead atoms. The Morgan fingerprint density at radius 3 is 2.46 bits per heavy atom. The Bertz CT molecular complexity index is 1600. The summed E-state index contributed by atoms with van der Waals surface area (Å²) in [6.45, 7) is -1.71. The number of ether oxygens (including phenoxy) is 1. The maximum atomic E-state index is 13.1. The lowest BCUT2D eigenvalue weighted by Crippen LogP contribution is -2.37. The minimum absolute atomic E-state index is 0.130. The highest BCUT2D eigenvalue weighted by atomic mass is 35.5. The molecule has 1 N–H and O–H groups in total. The van der Waals surface area contributed by atoms with Gasteiger partial charge >= 0.3 is 17.8 Å². The fraction of sp³-hybridized carbons (Fsp3) is 0.227. The first-order valence-corrected chi connectivity index (χ1v) is 11.2. The zero-order valence-corrected chi connectivity index (χ0v) is 20.5. The molecule has 4 aromatic rings. The number of aliphatic hydroxyl groups excluding tert-OH is 1. The first kappa shape index (κ1) is 27.5. The van der Waals surface area contributed by atoms with E-state index in [4.69, 9.17) is 11.6 Å². The van der Waals surface area contributed by atoms with Crippen LogP contribution < -0.4 is 5.69 Å². The number of aliphatic hydroxyl groups is 1. The molecule has 2 aromatic carbocycles. The molecule has 0 saturated heterocycles. The van der Waals surface area contributed by atoms with Gasteiger partial charge in [-0.2, -0.15) is 17.9 Å². The molecule has 0 aliphatic rings. The van der Waals surface area contributed by atoms with Crippen LogP contribution in [-0.4, -0.2) is 64.5 Å². The fourth-order valence-corrected chi connectivity index (χ4v) is 3.67. The van der Waals surface area contributed by atoms with Gasteiger partial charge in [-0.15, -0.1) is 10.2 Å². The molecule has 2 aromatic heterocycles. The standard InChI is InChI=1S/C22H17ClF3N7O6/c1-39-20(35)19-27-17(28-32(19)14-4-2-3-5-15(14)33(37)38)11-31-21(36)30(10-16(34)22(24,25)26)18(29-31)12-6-8-13(23)9-7-12/h2-9,16,34H,10-11H2,1H3. The SMILES string of the molecule is COC(=O)c1nc(Cn2nc(-c3ccc(Cl)cc3)n(CC(O)C(F)(F)F)c2=O)nn1-c1ccccc1[N+](=O)[O-]. The van der Waals surface area contributed by atoms with Gasteiger partial charge in [0.25, 0.3) is 5.69 Å². The number of halogens is 4. The van der Waals surface area contributed by atoms with Crippen molar-refractivity contribution in [2.75, 3.05) is 7.11 Å². The summed E-state index contributed by atoms with van der Waals surface area (Å²) in [6, 6.07) is 11.0. The summed E-state index contributed by atoms with van der Waals surface area (Å²) in [7, 11) is 1.05. The van der Waals surface area contributed by atoms with E-state index in [1.165, 1.54) is 48.5 Å². The third-order valence-electron chi connectivity index (χ3n) is 5.38. The fourth-order valence-electron chi connectivity index (χ4n) is 3.54. The Hall–Kier alpha value is -4.57. The van der Waals surface area contributed by atoms with Crippen molar-refractivity contribution in [3.05, 3.63) is 85.8 Å². The Morgan fingerprint density at radius 1 is 1.18 bits per heavy atom. The zero-order chi connectivity index (χ0) is 28.5. The first-order chi connectivity index (χ1) is 18.4. The molecule has 13 nitrogen and oxygen atoms in total. The average Bonchev–Trinajstić information content (AvgIpc) is 3.45. The van der Waals surface area contributed by atoms with E-state index in [-0.39, 0.29) is 22.9 Å². The van der Waals surface area contributed by atoms with E-state index in [2.05, 4.69) is 19.9 Å². The lowest BCUT2D eigenvalue weighted by Gasteiger charge is -2.15. The molecule has 1 atom stereocenters. The molecule has 0 saturated carbocycles. The number of rotatable bonds is 8. The largest absolute Gasteiger partial charge is 0.463 e. The smallest absolute Gasteiger partial charge is 0.416 e. The van der Waals surface area contributed by atoms with Crippen molar-refractivity contribution >= 4 is 23.3 Å². The quantitative estimate of drug-likeness (QED) is 0.192. The number of hydrogen-bond donors (Lipinski definition) is 1. The van der Waals surface area contributed by atoms with Crippen LogP contribution in [-0.2, 0) is 17.8 Å². The Labute approximate surface area is 220 Å². The van der Waals surface area contributed by atoms with Crippen LogP contribution in [0.25, 0.3) is 17.1 Å². The van der Waals surface area contributed by atoms with E-state index in [1.807, 2.05) is 0 Å². The van der Waals surface area contributed by atoms with E-state index in [1.54, 1.807) is 0 Å². The van der Waals surface area contributed by atoms with E-state index in [0.29, 0.717) is 9.59 Å². The minimum atomic E-state index is -5.01. The zero-order valence-electron chi connectivity index (χ0n) is 19.7. The summed E-state index contributed by atoms with van der Waals surface area (Å²) in [4.78, 5) is 40.3. The summed E-state index contributed by atoms with van der Waals surface area (Å²) in [6.07, 6.45) is -7.89. The summed E-state index contributed by atoms with van der Waals surface area (Å²) >= 11 is 5.88. The molecular formula is C22H17ClF3N7O6. The van der Waals surface area contributed by atoms with E-state index < -0.39 is 53.5 Å². The van der Waals surface area contributed by atoms with Crippen LogP contribution in [0.2, 0.25) is 5.02 Å². The maximum absolute atomic E-state index is 13.1. The summed E-state index contributed by atoms with van der Waals surface area (Å²) < 4.78 is 46.2. The van der Waals surface area contributed by atoms with Crippen molar-refractivity contribution in [2.24, 2.45) is 0 Å². The monoisotopic (exact) mass is 567 g/mol. The molecule has 0 fully saturated rings. The van der Waals surface area contributed by atoms with Gasteiger partial charge in [-0.05, 0) is 30.3 Å². The van der Waals surface area contributed by atoms with Gasteiger partial charge in [0, 0.05) is 16.7 Å². The number of nitrogens with zero attached hydrogens (tertiary/aromatic N) is 7. The molecular weight excluding hydrogens is 551 g/mol. The molecule has 0 aliphatic heterocycles. The normalized spacial score (nSPS) is 12.4. The number of benzene rings is 2. The summed E-state index contributed by atoms with van der Waals surface area (Å²) in [5.74, 6) is -1.91. The van der Waals surface area contributed by atoms with Crippen molar-refractivity contribution in [3.63, 3.8) is 0 Å². The highest BCUT2D eigenvalue weighted by Gasteiger charge is 2.39. The molecule has 39 heavy (non-hydrogen) atoms. The van der Waals surface area contributed by atoms with Gasteiger partial charge < -0.3 is 9.84 Å². The van der Waals surface area contributed by atoms with Gasteiger partial charge in [-0.3, -0.25) is 14.7 Å². The number of nitro groups is 1. The molecule has 0 aliphatic carbocycles. The molecule has 0 radical (unpaired) electrons. The molecule has 204 valence electrons. The van der Waals surface area contributed by atoms with Crippen LogP contribution in [0, 0.1) is 10.1 Å². The van der Waals surface area contributed by atoms with Crippen molar-refractivity contribution in [1.29, 1.82) is 0 Å². The average molecular weight is 568 g/mol. The van der Waals surface area contributed by atoms with Gasteiger partial charge in [0.05, 0.1) is 18.6 Å². The topological polar surface area (TPSA) is 160 Å². The number of para-hydroxylation sites is 2. The Kier molecular flexibility index (Phi) is 7.51. The van der Waals surface area contributed by atoms with Crippen molar-refractivity contribution in [3.8, 4) is 17.1 Å². The van der Waals surface area contributed by atoms with Crippen molar-refractivity contribution < 1.29 is 32.7 Å². The van der Waals surface area contributed by atoms with Crippen LogP contribution in [0.4, 0.5) is 18.9 Å². The van der Waals surface area contributed by atoms with Gasteiger partial charge in [0.1, 0.15) is 12.2 Å². The molecule has 4 rings (SSSR count). The van der Waals surface area contributed by atoms with E-state index in [9.17, 15) is 38.0 Å². The number of hydrogen-bond acceptors (Lipinski definition) is 9. The number of carbonyl (C=O) groups is 1. The van der Waals surface area contributed by atoms with Gasteiger partial charge in [-0.25, -0.2) is 19.3 Å². The van der Waals surface area contributed by atoms with Crippen molar-refractivity contribution in [2.45, 2.75) is 25.4 Å². The molecule has 1 unspecified atom stereocenters. The predicted octanol–water partition coefficient (Wildman–Crippen LogP) is 2.61. The number of alkyl halides is 3. The van der Waals surface area contributed by atoms with Crippen LogP contribution in [0.1, 0.15) is 16.4 Å². The number of methoxy groups -OCH3 is 1. The number of carbonyl (C=O) groups excluding carboxylic acids is 1. The molecule has 2 heterocycles. The Balaban J connectivity index is 1.81. The highest BCUT2D eigenvalue weighted by Crippen LogP contribution is 2.25. The number of esters is 1.